The van der Waals surface area contributed by atoms with Crippen molar-refractivity contribution in [2.24, 2.45) is 0 Å². The minimum Gasteiger partial charge on any atom is -0.493 e. The SMILES string of the molecule is CCOc1ccccc1Oc1c(C)oc2c3c(ccc2c1=O)OCN(CCc1ccc(OC)c(OC)c1)C3. The Balaban J connectivity index is 1.40. The van der Waals surface area contributed by atoms with Crippen LogP contribution in [0.3, 0.4) is 0 Å². The number of hydrogen-bond acceptors (Lipinski definition) is 8. The maximum Gasteiger partial charge on any atom is 0.235 e. The third kappa shape index (κ3) is 4.99. The molecule has 1 aliphatic rings. The average molecular weight is 518 g/mol. The average Bonchev–Trinajstić information content (AvgIpc) is 2.94. The van der Waals surface area contributed by atoms with Crippen LogP contribution in [-0.4, -0.2) is 39.0 Å². The lowest BCUT2D eigenvalue weighted by Crippen LogP contribution is -2.33. The summed E-state index contributed by atoms with van der Waals surface area (Å²) in [4.78, 5) is 15.7. The Morgan fingerprint density at radius 2 is 1.74 bits per heavy atom. The molecule has 38 heavy (non-hydrogen) atoms. The van der Waals surface area contributed by atoms with E-state index in [9.17, 15) is 4.79 Å². The highest BCUT2D eigenvalue weighted by Gasteiger charge is 2.24. The summed E-state index contributed by atoms with van der Waals surface area (Å²) in [6, 6.07) is 16.8. The molecule has 0 fully saturated rings. The van der Waals surface area contributed by atoms with E-state index in [1.54, 1.807) is 39.3 Å². The van der Waals surface area contributed by atoms with Gasteiger partial charge in [-0.2, -0.15) is 0 Å². The Bertz CT molecular complexity index is 1510. The summed E-state index contributed by atoms with van der Waals surface area (Å²) >= 11 is 0. The highest BCUT2D eigenvalue weighted by atomic mass is 16.5. The highest BCUT2D eigenvalue weighted by molar-refractivity contribution is 5.83. The molecule has 0 amide bonds. The van der Waals surface area contributed by atoms with Crippen LogP contribution in [0, 0.1) is 6.92 Å². The Hall–Kier alpha value is -4.17. The summed E-state index contributed by atoms with van der Waals surface area (Å²) in [6.07, 6.45) is 0.796. The third-order valence-corrected chi connectivity index (χ3v) is 6.55. The number of ether oxygens (including phenoxy) is 5. The molecule has 0 spiro atoms. The molecule has 0 saturated carbocycles. The predicted octanol–water partition coefficient (Wildman–Crippen LogP) is 5.70. The van der Waals surface area contributed by atoms with Crippen molar-refractivity contribution in [2.75, 3.05) is 34.1 Å². The smallest absolute Gasteiger partial charge is 0.235 e. The van der Waals surface area contributed by atoms with E-state index in [1.807, 2.05) is 43.3 Å². The second kappa shape index (κ2) is 11.1. The fourth-order valence-electron chi connectivity index (χ4n) is 4.61. The molecule has 4 aromatic rings. The maximum atomic E-state index is 13.5. The monoisotopic (exact) mass is 517 g/mol. The zero-order valence-corrected chi connectivity index (χ0v) is 22.0. The standard InChI is InChI=1S/C30H31NO7/c1-5-35-25-8-6-7-9-26(25)38-29-19(2)37-30-21(28(29)32)11-13-23-22(30)17-31(18-36-23)15-14-20-10-12-24(33-3)27(16-20)34-4/h6-13,16H,5,14-15,17-18H2,1-4H3. The van der Waals surface area contributed by atoms with Gasteiger partial charge in [0.15, 0.2) is 23.0 Å². The first kappa shape index (κ1) is 25.5. The first-order valence-electron chi connectivity index (χ1n) is 12.6. The molecule has 0 saturated heterocycles. The number of benzene rings is 3. The third-order valence-electron chi connectivity index (χ3n) is 6.55. The molecule has 1 aromatic heterocycles. The van der Waals surface area contributed by atoms with Crippen LogP contribution < -0.4 is 29.1 Å². The normalized spacial score (nSPS) is 13.1. The van der Waals surface area contributed by atoms with Gasteiger partial charge in [0.05, 0.1) is 31.8 Å². The molecular formula is C30H31NO7. The van der Waals surface area contributed by atoms with Gasteiger partial charge >= 0.3 is 0 Å². The van der Waals surface area contributed by atoms with Crippen molar-refractivity contribution in [3.8, 4) is 34.5 Å². The zero-order chi connectivity index (χ0) is 26.6. The lowest BCUT2D eigenvalue weighted by atomic mass is 10.1. The fourth-order valence-corrected chi connectivity index (χ4v) is 4.61. The number of para-hydroxylation sites is 2. The van der Waals surface area contributed by atoms with Crippen molar-refractivity contribution in [3.63, 3.8) is 0 Å². The molecule has 198 valence electrons. The van der Waals surface area contributed by atoms with Gasteiger partial charge < -0.3 is 28.1 Å². The van der Waals surface area contributed by atoms with Gasteiger partial charge in [0, 0.05) is 13.1 Å². The van der Waals surface area contributed by atoms with E-state index in [0.29, 0.717) is 59.6 Å². The molecule has 3 aromatic carbocycles. The number of nitrogens with zero attached hydrogens (tertiary/aromatic N) is 1. The first-order valence-corrected chi connectivity index (χ1v) is 12.6. The van der Waals surface area contributed by atoms with Crippen molar-refractivity contribution >= 4 is 11.0 Å². The lowest BCUT2D eigenvalue weighted by Gasteiger charge is -2.29. The number of aryl methyl sites for hydroxylation is 1. The molecule has 0 N–H and O–H groups in total. The van der Waals surface area contributed by atoms with Gasteiger partial charge in [0.1, 0.15) is 23.8 Å². The molecule has 0 bridgehead atoms. The molecule has 8 heteroatoms. The van der Waals surface area contributed by atoms with Gasteiger partial charge in [0.2, 0.25) is 11.2 Å². The van der Waals surface area contributed by atoms with Gasteiger partial charge in [-0.05, 0) is 62.2 Å². The summed E-state index contributed by atoms with van der Waals surface area (Å²) in [6.45, 7) is 5.91. The molecule has 0 atom stereocenters. The quantitative estimate of drug-likeness (QED) is 0.280. The Labute approximate surface area is 221 Å². The van der Waals surface area contributed by atoms with Crippen LogP contribution in [0.15, 0.2) is 63.8 Å². The van der Waals surface area contributed by atoms with E-state index in [-0.39, 0.29) is 11.2 Å². The Morgan fingerprint density at radius 3 is 2.50 bits per heavy atom. The zero-order valence-electron chi connectivity index (χ0n) is 22.0. The van der Waals surface area contributed by atoms with Gasteiger partial charge in [-0.25, -0.2) is 0 Å². The van der Waals surface area contributed by atoms with Crippen LogP contribution in [0.4, 0.5) is 0 Å². The number of hydrogen-bond donors (Lipinski definition) is 0. The van der Waals surface area contributed by atoms with Gasteiger partial charge in [-0.15, -0.1) is 0 Å². The number of rotatable bonds is 9. The molecule has 1 aliphatic heterocycles. The van der Waals surface area contributed by atoms with E-state index < -0.39 is 0 Å². The number of methoxy groups -OCH3 is 2. The minimum absolute atomic E-state index is 0.145. The van der Waals surface area contributed by atoms with Gasteiger partial charge in [0.25, 0.3) is 0 Å². The van der Waals surface area contributed by atoms with Crippen LogP contribution in [0.5, 0.6) is 34.5 Å². The maximum absolute atomic E-state index is 13.5. The molecule has 5 rings (SSSR count). The van der Waals surface area contributed by atoms with E-state index in [0.717, 1.165) is 29.8 Å². The van der Waals surface area contributed by atoms with E-state index in [1.165, 1.54) is 0 Å². The summed E-state index contributed by atoms with van der Waals surface area (Å²) in [5.74, 6) is 3.70. The minimum atomic E-state index is -0.236. The molecule has 0 aliphatic carbocycles. The van der Waals surface area contributed by atoms with Crippen molar-refractivity contribution in [3.05, 3.63) is 81.7 Å². The van der Waals surface area contributed by atoms with Crippen LogP contribution >= 0.6 is 0 Å². The molecule has 0 radical (unpaired) electrons. The topological polar surface area (TPSA) is 79.6 Å². The fraction of sp³-hybridized carbons (Fsp3) is 0.300. The second-order valence-corrected chi connectivity index (χ2v) is 8.98. The Kier molecular flexibility index (Phi) is 7.42. The van der Waals surface area contributed by atoms with Gasteiger partial charge in [-0.1, -0.05) is 18.2 Å². The first-order chi connectivity index (χ1) is 18.5. The van der Waals surface area contributed by atoms with Crippen LogP contribution in [0.2, 0.25) is 0 Å². The van der Waals surface area contributed by atoms with E-state index in [4.69, 9.17) is 28.1 Å². The van der Waals surface area contributed by atoms with Crippen molar-refractivity contribution in [1.82, 2.24) is 4.90 Å². The largest absolute Gasteiger partial charge is 0.493 e. The molecular weight excluding hydrogens is 486 g/mol. The van der Waals surface area contributed by atoms with E-state index in [2.05, 4.69) is 4.90 Å². The van der Waals surface area contributed by atoms with Crippen LogP contribution in [0.25, 0.3) is 11.0 Å². The summed E-state index contributed by atoms with van der Waals surface area (Å²) in [5.41, 5.74) is 2.26. The summed E-state index contributed by atoms with van der Waals surface area (Å²) in [7, 11) is 3.26. The predicted molar refractivity (Wildman–Crippen MR) is 144 cm³/mol. The highest BCUT2D eigenvalue weighted by Crippen LogP contribution is 2.36. The summed E-state index contributed by atoms with van der Waals surface area (Å²) in [5, 5.41) is 0.448. The summed E-state index contributed by atoms with van der Waals surface area (Å²) < 4.78 is 34.7. The molecule has 2 heterocycles. The molecule has 0 unspecified atom stereocenters. The van der Waals surface area contributed by atoms with Crippen LogP contribution in [0.1, 0.15) is 23.8 Å². The molecule has 8 nitrogen and oxygen atoms in total. The van der Waals surface area contributed by atoms with Crippen molar-refractivity contribution < 1.29 is 28.1 Å². The van der Waals surface area contributed by atoms with Crippen molar-refractivity contribution in [1.29, 1.82) is 0 Å². The van der Waals surface area contributed by atoms with Gasteiger partial charge in [-0.3, -0.25) is 9.69 Å². The van der Waals surface area contributed by atoms with E-state index >= 15 is 0 Å². The second-order valence-electron chi connectivity index (χ2n) is 8.98. The van der Waals surface area contributed by atoms with Crippen molar-refractivity contribution in [2.45, 2.75) is 26.8 Å². The lowest BCUT2D eigenvalue weighted by molar-refractivity contribution is 0.0967. The number of fused-ring (bicyclic) bond motifs is 3. The Morgan fingerprint density at radius 1 is 0.947 bits per heavy atom. The van der Waals surface area contributed by atoms with Crippen LogP contribution in [-0.2, 0) is 13.0 Å².